The minimum Gasteiger partial charge on any atom is -0.342 e. The molecule has 0 bridgehead atoms. The molecule has 2 aromatic rings. The molecule has 2 atom stereocenters. The molecule has 2 aromatic carbocycles. The summed E-state index contributed by atoms with van der Waals surface area (Å²) >= 11 is 12.9. The van der Waals surface area contributed by atoms with E-state index in [0.717, 1.165) is 15.6 Å². The van der Waals surface area contributed by atoms with Crippen LogP contribution in [0.2, 0.25) is 5.02 Å². The predicted molar refractivity (Wildman–Crippen MR) is 90.8 cm³/mol. The molecule has 0 N–H and O–H groups in total. The Kier molecular flexibility index (Phi) is 4.71. The van der Waals surface area contributed by atoms with Gasteiger partial charge in [0.2, 0.25) is 5.79 Å². The van der Waals surface area contributed by atoms with Crippen LogP contribution >= 0.6 is 43.5 Å². The van der Waals surface area contributed by atoms with Crippen molar-refractivity contribution in [1.29, 1.82) is 0 Å². The zero-order chi connectivity index (χ0) is 14.9. The molecule has 1 saturated heterocycles. The fourth-order valence-corrected chi connectivity index (χ4v) is 3.36. The van der Waals surface area contributed by atoms with Crippen LogP contribution < -0.4 is 0 Å². The Morgan fingerprint density at radius 3 is 2.38 bits per heavy atom. The van der Waals surface area contributed by atoms with Crippen LogP contribution in [0.1, 0.15) is 17.2 Å². The molecule has 0 unspecified atom stereocenters. The Morgan fingerprint density at radius 2 is 1.76 bits per heavy atom. The van der Waals surface area contributed by atoms with Crippen molar-refractivity contribution < 1.29 is 9.47 Å². The molecule has 5 heteroatoms. The highest BCUT2D eigenvalue weighted by molar-refractivity contribution is 9.10. The van der Waals surface area contributed by atoms with E-state index in [1.807, 2.05) is 48.5 Å². The molecule has 21 heavy (non-hydrogen) atoms. The number of hydrogen-bond acceptors (Lipinski definition) is 2. The van der Waals surface area contributed by atoms with Crippen molar-refractivity contribution in [1.82, 2.24) is 0 Å². The highest BCUT2D eigenvalue weighted by Crippen LogP contribution is 2.42. The lowest BCUT2D eigenvalue weighted by atomic mass is 10.1. The van der Waals surface area contributed by atoms with Crippen molar-refractivity contribution in [2.75, 3.05) is 11.9 Å². The summed E-state index contributed by atoms with van der Waals surface area (Å²) < 4.78 is 13.3. The summed E-state index contributed by atoms with van der Waals surface area (Å²) in [6.45, 7) is 0.524. The fourth-order valence-electron chi connectivity index (χ4n) is 2.35. The lowest BCUT2D eigenvalue weighted by molar-refractivity contribution is -0.157. The zero-order valence-electron chi connectivity index (χ0n) is 11.1. The first kappa shape index (κ1) is 15.5. The maximum absolute atomic E-state index is 6.22. The Balaban J connectivity index is 1.85. The van der Waals surface area contributed by atoms with Crippen LogP contribution in [0.15, 0.2) is 53.0 Å². The average Bonchev–Trinajstić information content (AvgIpc) is 2.94. The van der Waals surface area contributed by atoms with Crippen LogP contribution in [0, 0.1) is 0 Å². The summed E-state index contributed by atoms with van der Waals surface area (Å²) in [5.74, 6) is -0.762. The number of hydrogen-bond donors (Lipinski definition) is 0. The third kappa shape index (κ3) is 3.20. The second-order valence-electron chi connectivity index (χ2n) is 4.86. The second kappa shape index (κ2) is 6.39. The first-order valence-electron chi connectivity index (χ1n) is 6.52. The van der Waals surface area contributed by atoms with Crippen LogP contribution in [0.4, 0.5) is 0 Å². The first-order chi connectivity index (χ1) is 10.1. The van der Waals surface area contributed by atoms with Gasteiger partial charge in [0.05, 0.1) is 11.9 Å². The van der Waals surface area contributed by atoms with Gasteiger partial charge in [-0.15, -0.1) is 0 Å². The minimum absolute atomic E-state index is 0.0775. The van der Waals surface area contributed by atoms with Gasteiger partial charge in [0.1, 0.15) is 6.10 Å². The lowest BCUT2D eigenvalue weighted by Gasteiger charge is -2.26. The van der Waals surface area contributed by atoms with Gasteiger partial charge < -0.3 is 9.47 Å². The number of benzene rings is 2. The summed E-state index contributed by atoms with van der Waals surface area (Å²) in [5.41, 5.74) is 2.07. The molecule has 0 aromatic heterocycles. The van der Waals surface area contributed by atoms with E-state index in [2.05, 4.69) is 31.9 Å². The molecule has 0 amide bonds. The van der Waals surface area contributed by atoms with Gasteiger partial charge in [-0.3, -0.25) is 0 Å². The van der Waals surface area contributed by atoms with E-state index >= 15 is 0 Å². The number of ether oxygens (including phenoxy) is 2. The van der Waals surface area contributed by atoms with Crippen LogP contribution in [0.5, 0.6) is 0 Å². The molecule has 1 aliphatic heterocycles. The summed E-state index contributed by atoms with van der Waals surface area (Å²) in [5, 5.41) is 1.26. The van der Waals surface area contributed by atoms with Crippen molar-refractivity contribution >= 4 is 43.5 Å². The summed E-state index contributed by atoms with van der Waals surface area (Å²) in [6, 6.07) is 15.7. The third-order valence-corrected chi connectivity index (χ3v) is 5.02. The van der Waals surface area contributed by atoms with E-state index in [1.165, 1.54) is 0 Å². The summed E-state index contributed by atoms with van der Waals surface area (Å²) in [7, 11) is 0. The second-order valence-corrected chi connectivity index (χ2v) is 6.78. The largest absolute Gasteiger partial charge is 0.342 e. The normalized spacial score (nSPS) is 25.2. The fraction of sp³-hybridized carbons (Fsp3) is 0.250. The average molecular weight is 433 g/mol. The van der Waals surface area contributed by atoms with Crippen LogP contribution in [0.25, 0.3) is 0 Å². The van der Waals surface area contributed by atoms with E-state index in [1.54, 1.807) is 0 Å². The quantitative estimate of drug-likeness (QED) is 0.602. The first-order valence-corrected chi connectivity index (χ1v) is 8.81. The number of rotatable bonds is 3. The van der Waals surface area contributed by atoms with Crippen LogP contribution in [-0.4, -0.2) is 11.9 Å². The Morgan fingerprint density at radius 1 is 1.10 bits per heavy atom. The zero-order valence-corrected chi connectivity index (χ0v) is 15.0. The Bertz CT molecular complexity index is 615. The van der Waals surface area contributed by atoms with Gasteiger partial charge in [-0.25, -0.2) is 0 Å². The van der Waals surface area contributed by atoms with Gasteiger partial charge in [0, 0.05) is 15.1 Å². The highest BCUT2D eigenvalue weighted by Gasteiger charge is 2.42. The van der Waals surface area contributed by atoms with E-state index in [0.29, 0.717) is 17.0 Å². The standard InChI is InChI=1S/C16H13Br2ClO2/c17-10-16(12-3-7-14(19)8-4-12)20-9-15(21-16)11-1-5-13(18)6-2-11/h1-8,15H,9-10H2/t15-,16+/m1/s1. The van der Waals surface area contributed by atoms with Gasteiger partial charge >= 0.3 is 0 Å². The van der Waals surface area contributed by atoms with E-state index in [-0.39, 0.29) is 6.10 Å². The molecule has 1 fully saturated rings. The minimum atomic E-state index is -0.762. The van der Waals surface area contributed by atoms with Crippen LogP contribution in [0.3, 0.4) is 0 Å². The molecule has 110 valence electrons. The molecule has 0 spiro atoms. The molecule has 1 heterocycles. The molecule has 1 aliphatic rings. The van der Waals surface area contributed by atoms with Gasteiger partial charge in [0.25, 0.3) is 0 Å². The van der Waals surface area contributed by atoms with Crippen LogP contribution in [-0.2, 0) is 15.3 Å². The van der Waals surface area contributed by atoms with Crippen molar-refractivity contribution in [3.63, 3.8) is 0 Å². The number of alkyl halides is 1. The Labute approximate surface area is 145 Å². The van der Waals surface area contributed by atoms with Gasteiger partial charge in [0.15, 0.2) is 0 Å². The third-order valence-electron chi connectivity index (χ3n) is 3.50. The van der Waals surface area contributed by atoms with E-state index in [4.69, 9.17) is 21.1 Å². The smallest absolute Gasteiger partial charge is 0.205 e. The molecule has 0 radical (unpaired) electrons. The van der Waals surface area contributed by atoms with Gasteiger partial charge in [-0.1, -0.05) is 67.7 Å². The monoisotopic (exact) mass is 430 g/mol. The van der Waals surface area contributed by atoms with Crippen molar-refractivity contribution in [2.24, 2.45) is 0 Å². The molecule has 0 aliphatic carbocycles. The number of halogens is 3. The maximum Gasteiger partial charge on any atom is 0.205 e. The summed E-state index contributed by atoms with van der Waals surface area (Å²) in [4.78, 5) is 0. The molecule has 2 nitrogen and oxygen atoms in total. The highest BCUT2D eigenvalue weighted by atomic mass is 79.9. The van der Waals surface area contributed by atoms with E-state index in [9.17, 15) is 0 Å². The van der Waals surface area contributed by atoms with Crippen molar-refractivity contribution in [3.8, 4) is 0 Å². The van der Waals surface area contributed by atoms with Crippen molar-refractivity contribution in [3.05, 3.63) is 69.2 Å². The van der Waals surface area contributed by atoms with Gasteiger partial charge in [-0.05, 0) is 29.8 Å². The Hall–Kier alpha value is -0.390. The molecular formula is C16H13Br2ClO2. The van der Waals surface area contributed by atoms with Gasteiger partial charge in [-0.2, -0.15) is 0 Å². The van der Waals surface area contributed by atoms with E-state index < -0.39 is 5.79 Å². The topological polar surface area (TPSA) is 18.5 Å². The molecular weight excluding hydrogens is 419 g/mol. The lowest BCUT2D eigenvalue weighted by Crippen LogP contribution is -2.29. The maximum atomic E-state index is 6.22. The SMILES string of the molecule is Clc1ccc([C@@]2(CBr)OC[C@H](c3ccc(Br)cc3)O2)cc1. The molecule has 3 rings (SSSR count). The summed E-state index contributed by atoms with van der Waals surface area (Å²) in [6.07, 6.45) is -0.0775. The van der Waals surface area contributed by atoms with Crippen molar-refractivity contribution in [2.45, 2.75) is 11.9 Å². The predicted octanol–water partition coefficient (Wildman–Crippen LogP) is 5.44. The molecule has 0 saturated carbocycles.